The topological polar surface area (TPSA) is 249 Å². The number of ether oxygens (including phenoxy) is 4. The quantitative estimate of drug-likeness (QED) is 0.163. The lowest BCUT2D eigenvalue weighted by atomic mass is 9.99. The Kier molecular flexibility index (Phi) is 7.71. The largest absolute Gasteiger partial charge is 0.508 e. The first kappa shape index (κ1) is 28.8. The molecule has 3 heterocycles. The van der Waals surface area contributed by atoms with Crippen molar-refractivity contribution in [2.75, 3.05) is 6.61 Å². The third-order valence-electron chi connectivity index (χ3n) is 6.92. The Morgan fingerprint density at radius 1 is 0.829 bits per heavy atom. The Bertz CT molecular complexity index is 1490. The second kappa shape index (κ2) is 11.0. The van der Waals surface area contributed by atoms with Crippen LogP contribution in [0.15, 0.2) is 39.5 Å². The predicted octanol–water partition coefficient (Wildman–Crippen LogP) is -1.05. The molecule has 0 aliphatic carbocycles. The first-order chi connectivity index (χ1) is 19.4. The van der Waals surface area contributed by atoms with Gasteiger partial charge in [-0.25, -0.2) is 0 Å². The number of phenols is 4. The van der Waals surface area contributed by atoms with E-state index in [1.165, 1.54) is 13.0 Å². The molecule has 5 rings (SSSR count). The first-order valence-electron chi connectivity index (χ1n) is 12.4. The van der Waals surface area contributed by atoms with Crippen molar-refractivity contribution in [2.45, 2.75) is 62.2 Å². The van der Waals surface area contributed by atoms with Crippen LogP contribution in [-0.2, 0) is 14.2 Å². The Morgan fingerprint density at radius 3 is 2.27 bits per heavy atom. The van der Waals surface area contributed by atoms with E-state index in [0.717, 1.165) is 24.3 Å². The summed E-state index contributed by atoms with van der Waals surface area (Å²) in [5, 5.41) is 91.1. The molecule has 0 amide bonds. The molecule has 15 nitrogen and oxygen atoms in total. The molecule has 2 fully saturated rings. The van der Waals surface area contributed by atoms with Gasteiger partial charge in [-0.1, -0.05) is 0 Å². The van der Waals surface area contributed by atoms with Crippen LogP contribution in [0.2, 0.25) is 0 Å². The van der Waals surface area contributed by atoms with Crippen molar-refractivity contribution in [3.63, 3.8) is 0 Å². The van der Waals surface area contributed by atoms with Gasteiger partial charge in [0.05, 0.1) is 12.7 Å². The van der Waals surface area contributed by atoms with Crippen molar-refractivity contribution in [3.8, 4) is 40.1 Å². The number of hydrogen-bond acceptors (Lipinski definition) is 15. The summed E-state index contributed by atoms with van der Waals surface area (Å²) in [6.07, 6.45) is -14.3. The molecule has 15 heteroatoms. The van der Waals surface area contributed by atoms with E-state index in [-0.39, 0.29) is 16.9 Å². The minimum atomic E-state index is -1.78. The van der Waals surface area contributed by atoms with Gasteiger partial charge in [0, 0.05) is 17.7 Å². The standard InChI is InChI=1S/C26H28O15/c1-8-17(32)20(35)24(41-25-21(36)18(33)14(31)7-37-25)26(38-8)40-23-19(34)16-13(30)5-10(27)6-15(16)39-22(23)9-2-3-11(28)12(29)4-9/h2-6,8,14,17-18,20-21,24-33,35-36H,7H2,1H3/t8-,14+,17-,18+,20+,21+,24-,25+,26-/m0/s1. The predicted molar refractivity (Wildman–Crippen MR) is 134 cm³/mol. The molecule has 222 valence electrons. The number of phenolic OH excluding ortho intramolecular Hbond substituents is 4. The van der Waals surface area contributed by atoms with Crippen LogP contribution < -0.4 is 10.2 Å². The molecule has 9 atom stereocenters. The van der Waals surface area contributed by atoms with Crippen LogP contribution in [0.25, 0.3) is 22.3 Å². The zero-order valence-corrected chi connectivity index (χ0v) is 21.3. The molecular weight excluding hydrogens is 552 g/mol. The van der Waals surface area contributed by atoms with Crippen LogP contribution in [0.1, 0.15) is 6.92 Å². The maximum atomic E-state index is 13.7. The highest BCUT2D eigenvalue weighted by atomic mass is 16.8. The third kappa shape index (κ3) is 5.25. The lowest BCUT2D eigenvalue weighted by molar-refractivity contribution is -0.341. The summed E-state index contributed by atoms with van der Waals surface area (Å²) in [5.41, 5.74) is -1.24. The Morgan fingerprint density at radius 2 is 1.56 bits per heavy atom. The molecule has 9 N–H and O–H groups in total. The van der Waals surface area contributed by atoms with Crippen molar-refractivity contribution >= 4 is 11.0 Å². The Labute approximate surface area is 230 Å². The highest BCUT2D eigenvalue weighted by Gasteiger charge is 2.49. The molecule has 0 unspecified atom stereocenters. The summed E-state index contributed by atoms with van der Waals surface area (Å²) in [4.78, 5) is 13.7. The first-order valence-corrected chi connectivity index (χ1v) is 12.4. The summed E-state index contributed by atoms with van der Waals surface area (Å²) in [6, 6.07) is 5.36. The molecule has 0 radical (unpaired) electrons. The van der Waals surface area contributed by atoms with Crippen LogP contribution in [0.4, 0.5) is 0 Å². The van der Waals surface area contributed by atoms with E-state index in [1.807, 2.05) is 0 Å². The van der Waals surface area contributed by atoms with E-state index in [0.29, 0.717) is 0 Å². The molecule has 41 heavy (non-hydrogen) atoms. The second-order valence-electron chi connectivity index (χ2n) is 9.79. The zero-order chi connectivity index (χ0) is 29.7. The molecule has 2 saturated heterocycles. The molecular formula is C26H28O15. The number of aliphatic hydroxyl groups is 5. The zero-order valence-electron chi connectivity index (χ0n) is 21.3. The van der Waals surface area contributed by atoms with Gasteiger partial charge in [-0.2, -0.15) is 0 Å². The Balaban J connectivity index is 1.61. The van der Waals surface area contributed by atoms with E-state index < -0.39 is 101 Å². The number of aliphatic hydroxyl groups excluding tert-OH is 5. The van der Waals surface area contributed by atoms with E-state index in [2.05, 4.69) is 0 Å². The van der Waals surface area contributed by atoms with Gasteiger partial charge in [0.25, 0.3) is 0 Å². The minimum absolute atomic E-state index is 0.00203. The summed E-state index contributed by atoms with van der Waals surface area (Å²) < 4.78 is 28.2. The lowest BCUT2D eigenvalue weighted by Crippen LogP contribution is -2.62. The van der Waals surface area contributed by atoms with Crippen LogP contribution >= 0.6 is 0 Å². The fourth-order valence-electron chi connectivity index (χ4n) is 4.64. The molecule has 0 bridgehead atoms. The van der Waals surface area contributed by atoms with E-state index in [4.69, 9.17) is 23.4 Å². The second-order valence-corrected chi connectivity index (χ2v) is 9.79. The summed E-state index contributed by atoms with van der Waals surface area (Å²) >= 11 is 0. The third-order valence-corrected chi connectivity index (χ3v) is 6.92. The molecule has 0 spiro atoms. The summed E-state index contributed by atoms with van der Waals surface area (Å²) in [5.74, 6) is -3.14. The van der Waals surface area contributed by atoms with Gasteiger partial charge < -0.3 is 69.3 Å². The van der Waals surface area contributed by atoms with Gasteiger partial charge >= 0.3 is 0 Å². The highest BCUT2D eigenvalue weighted by Crippen LogP contribution is 2.39. The summed E-state index contributed by atoms with van der Waals surface area (Å²) in [7, 11) is 0. The molecule has 2 aliphatic heterocycles. The number of benzene rings is 2. The highest BCUT2D eigenvalue weighted by molar-refractivity contribution is 5.88. The van der Waals surface area contributed by atoms with Gasteiger partial charge in [-0.05, 0) is 25.1 Å². The fraction of sp³-hybridized carbons (Fsp3) is 0.423. The molecule has 2 aliphatic rings. The van der Waals surface area contributed by atoms with Crippen molar-refractivity contribution in [3.05, 3.63) is 40.6 Å². The maximum absolute atomic E-state index is 13.7. The van der Waals surface area contributed by atoms with Crippen LogP contribution in [0.5, 0.6) is 28.7 Å². The molecule has 1 aromatic heterocycles. The normalized spacial score (nSPS) is 32.2. The van der Waals surface area contributed by atoms with Gasteiger partial charge in [-0.15, -0.1) is 0 Å². The SMILES string of the molecule is C[C@@H]1O[C@@H](Oc2c(-c3ccc(O)c(O)c3)oc3cc(O)cc(O)c3c2=O)[C@@H](O[C@H]2OC[C@@H](O)[C@@H](O)[C@H]2O)[C@H](O)[C@H]1O. The van der Waals surface area contributed by atoms with Gasteiger partial charge in [0.2, 0.25) is 17.5 Å². The number of fused-ring (bicyclic) bond motifs is 1. The Hall–Kier alpha value is -3.67. The molecule has 3 aromatic rings. The average Bonchev–Trinajstić information content (AvgIpc) is 2.92. The summed E-state index contributed by atoms with van der Waals surface area (Å²) in [6.45, 7) is 0.953. The molecule has 2 aromatic carbocycles. The van der Waals surface area contributed by atoms with Crippen molar-refractivity contribution in [1.29, 1.82) is 0 Å². The fourth-order valence-corrected chi connectivity index (χ4v) is 4.64. The van der Waals surface area contributed by atoms with Crippen LogP contribution in [0, 0.1) is 0 Å². The van der Waals surface area contributed by atoms with Crippen LogP contribution in [0.3, 0.4) is 0 Å². The monoisotopic (exact) mass is 580 g/mol. The average molecular weight is 580 g/mol. The van der Waals surface area contributed by atoms with Gasteiger partial charge in [0.1, 0.15) is 53.0 Å². The van der Waals surface area contributed by atoms with Gasteiger partial charge in [0.15, 0.2) is 29.7 Å². The van der Waals surface area contributed by atoms with Crippen molar-refractivity contribution < 1.29 is 69.3 Å². The lowest BCUT2D eigenvalue weighted by Gasteiger charge is -2.44. The van der Waals surface area contributed by atoms with Crippen LogP contribution in [-0.4, -0.2) is 108 Å². The van der Waals surface area contributed by atoms with E-state index in [9.17, 15) is 50.8 Å². The van der Waals surface area contributed by atoms with E-state index in [1.54, 1.807) is 0 Å². The number of aromatic hydroxyl groups is 4. The number of rotatable bonds is 5. The maximum Gasteiger partial charge on any atom is 0.239 e. The smallest absolute Gasteiger partial charge is 0.239 e. The van der Waals surface area contributed by atoms with Crippen molar-refractivity contribution in [1.82, 2.24) is 0 Å². The van der Waals surface area contributed by atoms with E-state index >= 15 is 0 Å². The minimum Gasteiger partial charge on any atom is -0.508 e. The number of hydrogen-bond donors (Lipinski definition) is 9. The van der Waals surface area contributed by atoms with Crippen molar-refractivity contribution in [2.24, 2.45) is 0 Å². The van der Waals surface area contributed by atoms with Gasteiger partial charge in [-0.3, -0.25) is 4.79 Å². The molecule has 0 saturated carbocycles.